The van der Waals surface area contributed by atoms with Gasteiger partial charge in [-0.2, -0.15) is 0 Å². The molecule has 1 aliphatic heterocycles. The molecule has 4 nitrogen and oxygen atoms in total. The number of carbonyl (C=O) groups excluding carboxylic acids is 1. The van der Waals surface area contributed by atoms with Gasteiger partial charge in [0.1, 0.15) is 5.75 Å². The lowest BCUT2D eigenvalue weighted by Gasteiger charge is -2.28. The lowest BCUT2D eigenvalue weighted by atomic mass is 9.90. The fraction of sp³-hybridized carbons (Fsp3) is 0.588. The zero-order chi connectivity index (χ0) is 14.9. The molecule has 1 amide bonds. The number of para-hydroxylation sites is 1. The van der Waals surface area contributed by atoms with Gasteiger partial charge < -0.3 is 15.4 Å². The van der Waals surface area contributed by atoms with Crippen LogP contribution in [0.25, 0.3) is 0 Å². The first-order valence-electron chi connectivity index (χ1n) is 7.98. The second-order valence-corrected chi connectivity index (χ2v) is 5.61. The molecule has 4 heteroatoms. The highest BCUT2D eigenvalue weighted by atomic mass is 16.5. The van der Waals surface area contributed by atoms with Gasteiger partial charge in [0.15, 0.2) is 0 Å². The number of ether oxygens (including phenoxy) is 1. The number of amides is 1. The Bertz CT molecular complexity index is 422. The monoisotopic (exact) mass is 290 g/mol. The van der Waals surface area contributed by atoms with E-state index in [9.17, 15) is 4.79 Å². The highest BCUT2D eigenvalue weighted by molar-refractivity contribution is 5.81. The number of nitrogens with one attached hydrogen (secondary N) is 2. The summed E-state index contributed by atoms with van der Waals surface area (Å²) in [5, 5.41) is 6.31. The first-order valence-corrected chi connectivity index (χ1v) is 7.98. The summed E-state index contributed by atoms with van der Waals surface area (Å²) in [6, 6.07) is 9.74. The van der Waals surface area contributed by atoms with E-state index in [1.54, 1.807) is 0 Å². The normalized spacial score (nSPS) is 21.8. The molecule has 1 saturated heterocycles. The van der Waals surface area contributed by atoms with Crippen LogP contribution < -0.4 is 15.4 Å². The molecule has 0 saturated carbocycles. The molecule has 2 rings (SSSR count). The molecule has 0 aromatic heterocycles. The molecule has 1 heterocycles. The van der Waals surface area contributed by atoms with Crippen molar-refractivity contribution in [2.45, 2.75) is 38.6 Å². The number of carbonyl (C=O) groups is 1. The Balaban J connectivity index is 1.59. The lowest BCUT2D eigenvalue weighted by molar-refractivity contribution is -0.124. The summed E-state index contributed by atoms with van der Waals surface area (Å²) in [6.45, 7) is 4.44. The summed E-state index contributed by atoms with van der Waals surface area (Å²) < 4.78 is 5.60. The third kappa shape index (κ3) is 5.38. The van der Waals surface area contributed by atoms with Gasteiger partial charge in [0, 0.05) is 6.54 Å². The third-order valence-corrected chi connectivity index (χ3v) is 4.04. The summed E-state index contributed by atoms with van der Waals surface area (Å²) in [5.74, 6) is 1.69. The maximum Gasteiger partial charge on any atom is 0.237 e. The van der Waals surface area contributed by atoms with Crippen molar-refractivity contribution in [3.8, 4) is 5.75 Å². The maximum atomic E-state index is 12.1. The largest absolute Gasteiger partial charge is 0.494 e. The predicted molar refractivity (Wildman–Crippen MR) is 84.4 cm³/mol. The fourth-order valence-electron chi connectivity index (χ4n) is 2.68. The van der Waals surface area contributed by atoms with E-state index in [0.717, 1.165) is 31.6 Å². The van der Waals surface area contributed by atoms with Crippen LogP contribution in [0.1, 0.15) is 32.6 Å². The molecule has 1 aromatic carbocycles. The number of hydrogen-bond donors (Lipinski definition) is 2. The maximum absolute atomic E-state index is 12.1. The molecule has 0 spiro atoms. The molecule has 0 bridgehead atoms. The van der Waals surface area contributed by atoms with Crippen molar-refractivity contribution >= 4 is 5.91 Å². The average molecular weight is 290 g/mol. The van der Waals surface area contributed by atoms with Gasteiger partial charge in [0.2, 0.25) is 5.91 Å². The number of rotatable bonds is 7. The number of hydrogen-bond acceptors (Lipinski definition) is 3. The van der Waals surface area contributed by atoms with Crippen molar-refractivity contribution in [3.05, 3.63) is 30.3 Å². The van der Waals surface area contributed by atoms with E-state index in [1.165, 1.54) is 6.42 Å². The molecule has 2 N–H and O–H groups in total. The second kappa shape index (κ2) is 8.67. The van der Waals surface area contributed by atoms with Gasteiger partial charge in [0.25, 0.3) is 0 Å². The smallest absolute Gasteiger partial charge is 0.237 e. The van der Waals surface area contributed by atoms with Gasteiger partial charge in [-0.15, -0.1) is 0 Å². The Morgan fingerprint density at radius 3 is 2.95 bits per heavy atom. The van der Waals surface area contributed by atoms with E-state index in [4.69, 9.17) is 4.74 Å². The summed E-state index contributed by atoms with van der Waals surface area (Å²) in [4.78, 5) is 12.1. The van der Waals surface area contributed by atoms with Crippen molar-refractivity contribution in [2.24, 2.45) is 5.92 Å². The molecule has 116 valence electrons. The zero-order valence-corrected chi connectivity index (χ0v) is 12.8. The highest BCUT2D eigenvalue weighted by Gasteiger charge is 2.25. The molecular weight excluding hydrogens is 264 g/mol. The SMILES string of the molecule is CCC1CCNC(C(=O)NCCCOc2ccccc2)C1. The van der Waals surface area contributed by atoms with Crippen LogP contribution in [-0.2, 0) is 4.79 Å². The minimum atomic E-state index is -0.0151. The molecule has 1 aromatic rings. The summed E-state index contributed by atoms with van der Waals surface area (Å²) in [5.41, 5.74) is 0. The summed E-state index contributed by atoms with van der Waals surface area (Å²) in [7, 11) is 0. The predicted octanol–water partition coefficient (Wildman–Crippen LogP) is 2.35. The van der Waals surface area contributed by atoms with E-state index < -0.39 is 0 Å². The summed E-state index contributed by atoms with van der Waals surface area (Å²) in [6.07, 6.45) is 4.13. The van der Waals surface area contributed by atoms with Gasteiger partial charge in [-0.3, -0.25) is 4.79 Å². The van der Waals surface area contributed by atoms with E-state index in [2.05, 4.69) is 17.6 Å². The number of piperidine rings is 1. The van der Waals surface area contributed by atoms with Crippen LogP contribution in [0.4, 0.5) is 0 Å². The minimum Gasteiger partial charge on any atom is -0.494 e. The molecule has 2 unspecified atom stereocenters. The molecule has 21 heavy (non-hydrogen) atoms. The third-order valence-electron chi connectivity index (χ3n) is 4.04. The van der Waals surface area contributed by atoms with Crippen LogP contribution in [0.2, 0.25) is 0 Å². The minimum absolute atomic E-state index is 0.0151. The Morgan fingerprint density at radius 2 is 2.19 bits per heavy atom. The lowest BCUT2D eigenvalue weighted by Crippen LogP contribution is -2.48. The van der Waals surface area contributed by atoms with Gasteiger partial charge in [-0.1, -0.05) is 31.5 Å². The van der Waals surface area contributed by atoms with Crippen molar-refractivity contribution in [3.63, 3.8) is 0 Å². The Kier molecular flexibility index (Phi) is 6.54. The number of benzene rings is 1. The molecule has 1 aliphatic rings. The Morgan fingerprint density at radius 1 is 1.38 bits per heavy atom. The van der Waals surface area contributed by atoms with Gasteiger partial charge in [-0.05, 0) is 43.9 Å². The van der Waals surface area contributed by atoms with E-state index in [-0.39, 0.29) is 11.9 Å². The van der Waals surface area contributed by atoms with Crippen LogP contribution in [0.5, 0.6) is 5.75 Å². The average Bonchev–Trinajstić information content (AvgIpc) is 2.55. The van der Waals surface area contributed by atoms with Gasteiger partial charge in [0.05, 0.1) is 12.6 Å². The van der Waals surface area contributed by atoms with Crippen molar-refractivity contribution in [1.29, 1.82) is 0 Å². The van der Waals surface area contributed by atoms with Gasteiger partial charge >= 0.3 is 0 Å². The Hall–Kier alpha value is -1.55. The standard InChI is InChI=1S/C17H26N2O2/c1-2-14-9-11-18-16(13-14)17(20)19-10-6-12-21-15-7-4-3-5-8-15/h3-5,7-8,14,16,18H,2,6,9-13H2,1H3,(H,19,20). The summed E-state index contributed by atoms with van der Waals surface area (Å²) >= 11 is 0. The molecule has 1 fully saturated rings. The van der Waals surface area contributed by atoms with Crippen LogP contribution in [0.3, 0.4) is 0 Å². The molecule has 0 aliphatic carbocycles. The van der Waals surface area contributed by atoms with Crippen molar-refractivity contribution < 1.29 is 9.53 Å². The van der Waals surface area contributed by atoms with E-state index in [0.29, 0.717) is 19.1 Å². The van der Waals surface area contributed by atoms with Crippen LogP contribution in [0, 0.1) is 5.92 Å². The van der Waals surface area contributed by atoms with E-state index in [1.807, 2.05) is 30.3 Å². The van der Waals surface area contributed by atoms with Crippen molar-refractivity contribution in [1.82, 2.24) is 10.6 Å². The van der Waals surface area contributed by atoms with E-state index >= 15 is 0 Å². The highest BCUT2D eigenvalue weighted by Crippen LogP contribution is 2.19. The first kappa shape index (κ1) is 15.8. The van der Waals surface area contributed by atoms with Gasteiger partial charge in [-0.25, -0.2) is 0 Å². The second-order valence-electron chi connectivity index (χ2n) is 5.61. The topological polar surface area (TPSA) is 50.4 Å². The first-order chi connectivity index (χ1) is 10.3. The van der Waals surface area contributed by atoms with Crippen LogP contribution in [-0.4, -0.2) is 31.6 Å². The molecule has 0 radical (unpaired) electrons. The molecule has 2 atom stereocenters. The van der Waals surface area contributed by atoms with Crippen LogP contribution in [0.15, 0.2) is 30.3 Å². The zero-order valence-electron chi connectivity index (χ0n) is 12.8. The quantitative estimate of drug-likeness (QED) is 0.758. The Labute approximate surface area is 127 Å². The van der Waals surface area contributed by atoms with Crippen LogP contribution >= 0.6 is 0 Å². The molecular formula is C17H26N2O2. The van der Waals surface area contributed by atoms with Crippen molar-refractivity contribution in [2.75, 3.05) is 19.7 Å². The fourth-order valence-corrected chi connectivity index (χ4v) is 2.68.